The lowest BCUT2D eigenvalue weighted by atomic mass is 9.97. The lowest BCUT2D eigenvalue weighted by molar-refractivity contribution is 0.0394. The topological polar surface area (TPSA) is 66.7 Å². The van der Waals surface area contributed by atoms with E-state index in [-0.39, 0.29) is 6.04 Å². The quantitative estimate of drug-likeness (QED) is 0.862. The van der Waals surface area contributed by atoms with E-state index >= 15 is 0 Å². The summed E-state index contributed by atoms with van der Waals surface area (Å²) in [7, 11) is 1.95. The van der Waals surface area contributed by atoms with E-state index in [1.165, 1.54) is 5.56 Å². The van der Waals surface area contributed by atoms with E-state index in [2.05, 4.69) is 45.7 Å². The molecule has 1 unspecified atom stereocenters. The number of nitrogens with zero attached hydrogens (tertiary/aromatic N) is 4. The van der Waals surface area contributed by atoms with E-state index in [1.54, 1.807) is 0 Å². The van der Waals surface area contributed by atoms with Gasteiger partial charge >= 0.3 is 0 Å². The second-order valence-electron chi connectivity index (χ2n) is 6.28. The van der Waals surface area contributed by atoms with Crippen LogP contribution in [0, 0.1) is 5.92 Å². The number of anilines is 1. The Morgan fingerprint density at radius 3 is 2.91 bits per heavy atom. The lowest BCUT2D eigenvalue weighted by Crippen LogP contribution is -2.42. The average Bonchev–Trinajstić information content (AvgIpc) is 2.87. The molecule has 1 aromatic heterocycles. The van der Waals surface area contributed by atoms with Crippen LogP contribution in [-0.4, -0.2) is 60.0 Å². The van der Waals surface area contributed by atoms with E-state index in [0.717, 1.165) is 51.2 Å². The van der Waals surface area contributed by atoms with Gasteiger partial charge in [-0.05, 0) is 5.92 Å². The number of fused-ring (bicyclic) bond motifs is 1. The number of ether oxygens (including phenoxy) is 1. The number of aryl methyl sites for hydroxylation is 1. The third kappa shape index (κ3) is 3.41. The molecule has 1 atom stereocenters. The van der Waals surface area contributed by atoms with Crippen LogP contribution in [0.25, 0.3) is 0 Å². The maximum absolute atomic E-state index is 5.37. The first-order chi connectivity index (χ1) is 10.6. The van der Waals surface area contributed by atoms with Gasteiger partial charge in [-0.25, -0.2) is 0 Å². The summed E-state index contributed by atoms with van der Waals surface area (Å²) in [4.78, 5) is 7.07. The summed E-state index contributed by atoms with van der Waals surface area (Å²) in [6.45, 7) is 9.85. The zero-order valence-corrected chi connectivity index (χ0v) is 13.7. The smallest absolute Gasteiger partial charge is 0.197 e. The van der Waals surface area contributed by atoms with Crippen molar-refractivity contribution in [2.24, 2.45) is 18.0 Å². The zero-order valence-electron chi connectivity index (χ0n) is 13.7. The summed E-state index contributed by atoms with van der Waals surface area (Å²) in [5.41, 5.74) is 1.21. The molecule has 0 amide bonds. The highest BCUT2D eigenvalue weighted by molar-refractivity contribution is 5.95. The van der Waals surface area contributed by atoms with Crippen LogP contribution in [-0.2, 0) is 11.8 Å². The number of guanidine groups is 1. The Balaban J connectivity index is 1.63. The highest BCUT2D eigenvalue weighted by Gasteiger charge is 2.28. The number of rotatable bonds is 4. The molecule has 1 saturated heterocycles. The molecule has 7 heteroatoms. The number of aliphatic imine (C=N–C) groups is 1. The van der Waals surface area contributed by atoms with Gasteiger partial charge in [-0.15, -0.1) is 0 Å². The Labute approximate surface area is 131 Å². The molecule has 22 heavy (non-hydrogen) atoms. The first-order valence-electron chi connectivity index (χ1n) is 8.05. The molecule has 0 radical (unpaired) electrons. The summed E-state index contributed by atoms with van der Waals surface area (Å²) in [6.07, 6.45) is 2.07. The van der Waals surface area contributed by atoms with Gasteiger partial charge in [-0.2, -0.15) is 5.10 Å². The number of aromatic nitrogens is 2. The van der Waals surface area contributed by atoms with Crippen molar-refractivity contribution in [1.82, 2.24) is 20.0 Å². The molecular weight excluding hydrogens is 280 g/mol. The third-order valence-corrected chi connectivity index (χ3v) is 4.18. The van der Waals surface area contributed by atoms with Crippen LogP contribution in [0.5, 0.6) is 0 Å². The Morgan fingerprint density at radius 2 is 2.18 bits per heavy atom. The number of nitrogens with one attached hydrogen (secondary N) is 2. The van der Waals surface area contributed by atoms with Gasteiger partial charge in [-0.1, -0.05) is 13.8 Å². The SMILES string of the molecule is CC(C)C1NC(=NCCN2CCOCC2)Nc2nn(C)cc21. The summed E-state index contributed by atoms with van der Waals surface area (Å²) >= 11 is 0. The highest BCUT2D eigenvalue weighted by Crippen LogP contribution is 2.30. The fourth-order valence-electron chi connectivity index (χ4n) is 2.94. The molecule has 122 valence electrons. The van der Waals surface area contributed by atoms with Gasteiger partial charge in [-0.3, -0.25) is 14.6 Å². The molecule has 0 spiro atoms. The molecule has 7 nitrogen and oxygen atoms in total. The van der Waals surface area contributed by atoms with Gasteiger partial charge in [0.2, 0.25) is 0 Å². The molecule has 3 rings (SSSR count). The Morgan fingerprint density at radius 1 is 1.41 bits per heavy atom. The van der Waals surface area contributed by atoms with Crippen LogP contribution in [0.4, 0.5) is 5.82 Å². The van der Waals surface area contributed by atoms with Gasteiger partial charge in [0.25, 0.3) is 0 Å². The van der Waals surface area contributed by atoms with Crippen LogP contribution in [0.2, 0.25) is 0 Å². The van der Waals surface area contributed by atoms with E-state index < -0.39 is 0 Å². The zero-order chi connectivity index (χ0) is 15.5. The van der Waals surface area contributed by atoms with Crippen molar-refractivity contribution in [3.8, 4) is 0 Å². The van der Waals surface area contributed by atoms with Crippen LogP contribution in [0.1, 0.15) is 25.5 Å². The number of hydrogen-bond donors (Lipinski definition) is 2. The van der Waals surface area contributed by atoms with Crippen LogP contribution >= 0.6 is 0 Å². The Hall–Kier alpha value is -1.60. The van der Waals surface area contributed by atoms with Crippen LogP contribution < -0.4 is 10.6 Å². The summed E-state index contributed by atoms with van der Waals surface area (Å²) in [5, 5.41) is 11.3. The van der Waals surface area contributed by atoms with Gasteiger partial charge in [0.1, 0.15) is 0 Å². The standard InChI is InChI=1S/C15H26N6O/c1-11(2)13-12-10-20(3)19-14(12)18-15(17-13)16-4-5-21-6-8-22-9-7-21/h10-11,13H,4-9H2,1-3H3,(H2,16,17,18,19). The summed E-state index contributed by atoms with van der Waals surface area (Å²) in [6, 6.07) is 0.257. The van der Waals surface area contributed by atoms with Gasteiger partial charge < -0.3 is 15.4 Å². The minimum Gasteiger partial charge on any atom is -0.379 e. The molecule has 2 N–H and O–H groups in total. The second kappa shape index (κ2) is 6.66. The third-order valence-electron chi connectivity index (χ3n) is 4.18. The van der Waals surface area contributed by atoms with Crippen LogP contribution in [0.3, 0.4) is 0 Å². The Kier molecular flexibility index (Phi) is 4.63. The molecule has 0 bridgehead atoms. The van der Waals surface area contributed by atoms with Crippen molar-refractivity contribution in [2.75, 3.05) is 44.7 Å². The molecule has 1 aromatic rings. The summed E-state index contributed by atoms with van der Waals surface area (Å²) in [5.74, 6) is 2.23. The van der Waals surface area contributed by atoms with Crippen molar-refractivity contribution in [3.63, 3.8) is 0 Å². The highest BCUT2D eigenvalue weighted by atomic mass is 16.5. The van der Waals surface area contributed by atoms with E-state index in [9.17, 15) is 0 Å². The predicted molar refractivity (Wildman–Crippen MR) is 87.1 cm³/mol. The Bertz CT molecular complexity index is 532. The van der Waals surface area contributed by atoms with E-state index in [0.29, 0.717) is 5.92 Å². The average molecular weight is 306 g/mol. The number of morpholine rings is 1. The van der Waals surface area contributed by atoms with Crippen molar-refractivity contribution in [3.05, 3.63) is 11.8 Å². The molecule has 0 saturated carbocycles. The normalized spacial score (nSPS) is 24.2. The van der Waals surface area contributed by atoms with Crippen molar-refractivity contribution < 1.29 is 4.74 Å². The minimum atomic E-state index is 0.257. The van der Waals surface area contributed by atoms with Crippen LogP contribution in [0.15, 0.2) is 11.2 Å². The molecule has 0 aromatic carbocycles. The van der Waals surface area contributed by atoms with E-state index in [1.807, 2.05) is 11.7 Å². The molecular formula is C15H26N6O. The predicted octanol–water partition coefficient (Wildman–Crippen LogP) is 0.821. The fraction of sp³-hybridized carbons (Fsp3) is 0.733. The van der Waals surface area contributed by atoms with Crippen molar-refractivity contribution >= 4 is 11.8 Å². The first-order valence-corrected chi connectivity index (χ1v) is 8.05. The monoisotopic (exact) mass is 306 g/mol. The minimum absolute atomic E-state index is 0.257. The van der Waals surface area contributed by atoms with Crippen molar-refractivity contribution in [1.29, 1.82) is 0 Å². The molecule has 3 heterocycles. The van der Waals surface area contributed by atoms with Gasteiger partial charge in [0.15, 0.2) is 11.8 Å². The van der Waals surface area contributed by atoms with Crippen molar-refractivity contribution in [2.45, 2.75) is 19.9 Å². The van der Waals surface area contributed by atoms with E-state index in [4.69, 9.17) is 4.74 Å². The largest absolute Gasteiger partial charge is 0.379 e. The summed E-state index contributed by atoms with van der Waals surface area (Å²) < 4.78 is 7.22. The lowest BCUT2D eigenvalue weighted by Gasteiger charge is -2.29. The number of hydrogen-bond acceptors (Lipinski definition) is 4. The van der Waals surface area contributed by atoms with Gasteiger partial charge in [0, 0.05) is 38.4 Å². The maximum atomic E-state index is 5.37. The first kappa shape index (κ1) is 15.3. The molecule has 2 aliphatic rings. The van der Waals surface area contributed by atoms with Gasteiger partial charge in [0.05, 0.1) is 25.8 Å². The maximum Gasteiger partial charge on any atom is 0.197 e. The molecule has 0 aliphatic carbocycles. The second-order valence-corrected chi connectivity index (χ2v) is 6.28. The molecule has 1 fully saturated rings. The molecule has 2 aliphatic heterocycles. The fourth-order valence-corrected chi connectivity index (χ4v) is 2.94.